The van der Waals surface area contributed by atoms with Gasteiger partial charge in [0.1, 0.15) is 18.8 Å². The van der Waals surface area contributed by atoms with Crippen LogP contribution in [0.4, 0.5) is 0 Å². The molecule has 0 unspecified atom stereocenters. The quantitative estimate of drug-likeness (QED) is 0.535. The summed E-state index contributed by atoms with van der Waals surface area (Å²) < 4.78 is 20.2. The molecule has 1 fully saturated rings. The number of esters is 3. The third-order valence-corrected chi connectivity index (χ3v) is 3.64. The molecular weight excluding hydrogens is 348 g/mol. The van der Waals surface area contributed by atoms with Crippen molar-refractivity contribution < 1.29 is 43.5 Å². The molecule has 5 atom stereocenters. The third kappa shape index (κ3) is 5.01. The molecule has 26 heavy (non-hydrogen) atoms. The number of ether oxygens (including phenoxy) is 4. The van der Waals surface area contributed by atoms with Crippen LogP contribution in [-0.2, 0) is 28.5 Å². The smallest absolute Gasteiger partial charge is 0.338 e. The first-order valence-electron chi connectivity index (χ1n) is 7.87. The molecule has 1 aromatic carbocycles. The second-order valence-corrected chi connectivity index (χ2v) is 5.67. The fourth-order valence-corrected chi connectivity index (χ4v) is 2.47. The Balaban J connectivity index is 2.14. The summed E-state index contributed by atoms with van der Waals surface area (Å²) in [5.74, 6) is -2.14. The van der Waals surface area contributed by atoms with E-state index in [1.54, 1.807) is 18.2 Å². The molecule has 0 aromatic heterocycles. The van der Waals surface area contributed by atoms with Gasteiger partial charge in [0, 0.05) is 13.8 Å². The molecule has 1 aromatic rings. The van der Waals surface area contributed by atoms with Crippen molar-refractivity contribution >= 4 is 17.9 Å². The topological polar surface area (TPSA) is 129 Å². The van der Waals surface area contributed by atoms with E-state index in [0.717, 1.165) is 6.92 Å². The lowest BCUT2D eigenvalue weighted by Crippen LogP contribution is -2.61. The van der Waals surface area contributed by atoms with Crippen molar-refractivity contribution in [1.82, 2.24) is 0 Å². The molecule has 1 aliphatic heterocycles. The van der Waals surface area contributed by atoms with E-state index in [2.05, 4.69) is 0 Å². The summed E-state index contributed by atoms with van der Waals surface area (Å²) in [4.78, 5) is 34.4. The number of aliphatic hydroxyl groups is 2. The predicted octanol–water partition coefficient (Wildman–Crippen LogP) is -0.215. The van der Waals surface area contributed by atoms with Crippen LogP contribution in [0.5, 0.6) is 0 Å². The number of carbonyl (C=O) groups excluding carboxylic acids is 3. The minimum Gasteiger partial charge on any atom is -0.463 e. The normalized spacial score (nSPS) is 28.1. The highest BCUT2D eigenvalue weighted by Crippen LogP contribution is 2.26. The lowest BCUT2D eigenvalue weighted by Gasteiger charge is -2.41. The standard InChI is InChI=1S/C17H20O9/c1-9(18)23-8-12-14(24-10(2)19)13(20)15(17(22)25-12)26-16(21)11-6-4-3-5-7-11/h3-7,12-15,17,20,22H,8H2,1-2H3/t12-,13+,14-,15-,17+/m1/s1. The van der Waals surface area contributed by atoms with Gasteiger partial charge in [0.05, 0.1) is 5.56 Å². The van der Waals surface area contributed by atoms with Gasteiger partial charge in [-0.1, -0.05) is 18.2 Å². The van der Waals surface area contributed by atoms with Crippen LogP contribution in [0.3, 0.4) is 0 Å². The van der Waals surface area contributed by atoms with Crippen LogP contribution >= 0.6 is 0 Å². The van der Waals surface area contributed by atoms with Crippen molar-refractivity contribution in [2.24, 2.45) is 0 Å². The molecule has 1 saturated heterocycles. The second-order valence-electron chi connectivity index (χ2n) is 5.67. The largest absolute Gasteiger partial charge is 0.463 e. The maximum absolute atomic E-state index is 12.2. The van der Waals surface area contributed by atoms with Gasteiger partial charge in [0.2, 0.25) is 0 Å². The van der Waals surface area contributed by atoms with Gasteiger partial charge in [0.25, 0.3) is 0 Å². The number of aliphatic hydroxyl groups excluding tert-OH is 2. The Kier molecular flexibility index (Phi) is 6.67. The van der Waals surface area contributed by atoms with Crippen LogP contribution in [0, 0.1) is 0 Å². The number of hydrogen-bond donors (Lipinski definition) is 2. The van der Waals surface area contributed by atoms with Gasteiger partial charge >= 0.3 is 17.9 Å². The molecular formula is C17H20O9. The Morgan fingerprint density at radius 2 is 1.65 bits per heavy atom. The van der Waals surface area contributed by atoms with E-state index < -0.39 is 48.6 Å². The Bertz CT molecular complexity index is 645. The molecule has 9 heteroatoms. The molecule has 142 valence electrons. The van der Waals surface area contributed by atoms with Gasteiger partial charge in [-0.05, 0) is 12.1 Å². The third-order valence-electron chi connectivity index (χ3n) is 3.64. The monoisotopic (exact) mass is 368 g/mol. The zero-order valence-corrected chi connectivity index (χ0v) is 14.2. The molecule has 2 rings (SSSR count). The molecule has 1 heterocycles. The van der Waals surface area contributed by atoms with Crippen LogP contribution in [0.15, 0.2) is 30.3 Å². The highest BCUT2D eigenvalue weighted by Gasteiger charge is 2.49. The van der Waals surface area contributed by atoms with Crippen molar-refractivity contribution in [3.63, 3.8) is 0 Å². The van der Waals surface area contributed by atoms with E-state index in [4.69, 9.17) is 18.9 Å². The number of benzene rings is 1. The van der Waals surface area contributed by atoms with Crippen molar-refractivity contribution in [3.8, 4) is 0 Å². The fourth-order valence-electron chi connectivity index (χ4n) is 2.47. The van der Waals surface area contributed by atoms with Crippen molar-refractivity contribution in [2.45, 2.75) is 44.6 Å². The van der Waals surface area contributed by atoms with Gasteiger partial charge < -0.3 is 29.2 Å². The number of rotatable bonds is 5. The lowest BCUT2D eigenvalue weighted by atomic mass is 9.98. The maximum atomic E-state index is 12.2. The van der Waals surface area contributed by atoms with E-state index in [9.17, 15) is 24.6 Å². The molecule has 0 bridgehead atoms. The minimum atomic E-state index is -1.70. The molecule has 0 radical (unpaired) electrons. The lowest BCUT2D eigenvalue weighted by molar-refractivity contribution is -0.289. The van der Waals surface area contributed by atoms with Gasteiger partial charge in [-0.15, -0.1) is 0 Å². The van der Waals surface area contributed by atoms with Gasteiger partial charge in [-0.25, -0.2) is 4.79 Å². The summed E-state index contributed by atoms with van der Waals surface area (Å²) in [5, 5.41) is 20.5. The van der Waals surface area contributed by atoms with Crippen LogP contribution in [-0.4, -0.2) is 65.4 Å². The van der Waals surface area contributed by atoms with Crippen LogP contribution in [0.2, 0.25) is 0 Å². The van der Waals surface area contributed by atoms with Crippen molar-refractivity contribution in [1.29, 1.82) is 0 Å². The van der Waals surface area contributed by atoms with Crippen molar-refractivity contribution in [3.05, 3.63) is 35.9 Å². The summed E-state index contributed by atoms with van der Waals surface area (Å²) in [6, 6.07) is 7.95. The summed E-state index contributed by atoms with van der Waals surface area (Å²) in [6.07, 6.45) is -7.22. The van der Waals surface area contributed by atoms with Crippen molar-refractivity contribution in [2.75, 3.05) is 6.61 Å². The van der Waals surface area contributed by atoms with E-state index in [0.29, 0.717) is 0 Å². The van der Waals surface area contributed by atoms with Gasteiger partial charge in [-0.3, -0.25) is 9.59 Å². The first-order valence-corrected chi connectivity index (χ1v) is 7.87. The predicted molar refractivity (Wildman–Crippen MR) is 84.7 cm³/mol. The first kappa shape index (κ1) is 19.8. The zero-order valence-electron chi connectivity index (χ0n) is 14.2. The van der Waals surface area contributed by atoms with Crippen LogP contribution < -0.4 is 0 Å². The van der Waals surface area contributed by atoms with E-state index in [-0.39, 0.29) is 12.2 Å². The second kappa shape index (κ2) is 8.75. The Morgan fingerprint density at radius 3 is 2.23 bits per heavy atom. The number of carbonyl (C=O) groups is 3. The minimum absolute atomic E-state index is 0.206. The molecule has 0 amide bonds. The Morgan fingerprint density at radius 1 is 1.00 bits per heavy atom. The molecule has 0 saturated carbocycles. The molecule has 9 nitrogen and oxygen atoms in total. The number of hydrogen-bond acceptors (Lipinski definition) is 9. The molecule has 2 N–H and O–H groups in total. The molecule has 0 aliphatic carbocycles. The van der Waals surface area contributed by atoms with E-state index >= 15 is 0 Å². The maximum Gasteiger partial charge on any atom is 0.338 e. The van der Waals surface area contributed by atoms with Crippen LogP contribution in [0.1, 0.15) is 24.2 Å². The van der Waals surface area contributed by atoms with E-state index in [1.165, 1.54) is 19.1 Å². The van der Waals surface area contributed by atoms with Gasteiger partial charge in [-0.2, -0.15) is 0 Å². The zero-order chi connectivity index (χ0) is 19.3. The summed E-state index contributed by atoms with van der Waals surface area (Å²) in [7, 11) is 0. The molecule has 1 aliphatic rings. The van der Waals surface area contributed by atoms with Gasteiger partial charge in [0.15, 0.2) is 18.5 Å². The fraction of sp³-hybridized carbons (Fsp3) is 0.471. The SMILES string of the molecule is CC(=O)OC[C@H]1O[C@H](O)[C@H](OC(=O)c2ccccc2)[C@@H](O)[C@@H]1OC(C)=O. The summed E-state index contributed by atoms with van der Waals surface area (Å²) in [5.41, 5.74) is 0.206. The first-order chi connectivity index (χ1) is 12.3. The van der Waals surface area contributed by atoms with E-state index in [1.807, 2.05) is 0 Å². The average molecular weight is 368 g/mol. The molecule has 0 spiro atoms. The van der Waals surface area contributed by atoms with Crippen LogP contribution in [0.25, 0.3) is 0 Å². The summed E-state index contributed by atoms with van der Waals surface area (Å²) >= 11 is 0. The summed E-state index contributed by atoms with van der Waals surface area (Å²) in [6.45, 7) is 1.92. The highest BCUT2D eigenvalue weighted by atomic mass is 16.7. The average Bonchev–Trinajstić information content (AvgIpc) is 2.59. The Labute approximate surface area is 149 Å². The highest BCUT2D eigenvalue weighted by molar-refractivity contribution is 5.89. The Hall–Kier alpha value is -2.49.